The molecule has 0 aromatic carbocycles. The van der Waals surface area contributed by atoms with Crippen molar-refractivity contribution in [1.82, 2.24) is 14.8 Å². The van der Waals surface area contributed by atoms with Crippen molar-refractivity contribution in [2.75, 3.05) is 0 Å². The summed E-state index contributed by atoms with van der Waals surface area (Å²) in [6.07, 6.45) is 7.22. The molecule has 0 amide bonds. The van der Waals surface area contributed by atoms with Crippen molar-refractivity contribution < 1.29 is 0 Å². The van der Waals surface area contributed by atoms with Crippen molar-refractivity contribution in [2.45, 2.75) is 63.8 Å². The molecule has 4 bridgehead atoms. The summed E-state index contributed by atoms with van der Waals surface area (Å²) in [5.74, 6) is 7.04. The van der Waals surface area contributed by atoms with E-state index in [0.717, 1.165) is 29.5 Å². The molecule has 0 N–H and O–H groups in total. The van der Waals surface area contributed by atoms with Gasteiger partial charge < -0.3 is 4.57 Å². The maximum atomic E-state index is 6.06. The van der Waals surface area contributed by atoms with Gasteiger partial charge in [0.1, 0.15) is 11.6 Å². The van der Waals surface area contributed by atoms with E-state index in [1.165, 1.54) is 37.9 Å². The van der Waals surface area contributed by atoms with E-state index < -0.39 is 0 Å². The molecule has 4 aliphatic carbocycles. The number of hydrogen-bond acceptors (Lipinski definition) is 2. The quantitative estimate of drug-likeness (QED) is 0.784. The van der Waals surface area contributed by atoms with E-state index in [-0.39, 0.29) is 0 Å². The second-order valence-corrected chi connectivity index (χ2v) is 7.80. The van der Waals surface area contributed by atoms with Gasteiger partial charge in [-0.1, -0.05) is 0 Å². The van der Waals surface area contributed by atoms with Gasteiger partial charge in [0.05, 0.1) is 5.88 Å². The molecular formula is C16H24ClN3. The summed E-state index contributed by atoms with van der Waals surface area (Å²) in [7, 11) is 0. The zero-order valence-electron chi connectivity index (χ0n) is 12.4. The molecule has 0 aliphatic heterocycles. The lowest BCUT2D eigenvalue weighted by molar-refractivity contribution is -0.00718. The fourth-order valence-electron chi connectivity index (χ4n) is 5.57. The Morgan fingerprint density at radius 2 is 1.65 bits per heavy atom. The van der Waals surface area contributed by atoms with Crippen molar-refractivity contribution in [3.05, 3.63) is 11.6 Å². The van der Waals surface area contributed by atoms with Gasteiger partial charge >= 0.3 is 0 Å². The first-order valence-corrected chi connectivity index (χ1v) is 8.70. The normalized spacial score (nSPS) is 38.9. The zero-order valence-corrected chi connectivity index (χ0v) is 13.2. The highest BCUT2D eigenvalue weighted by Crippen LogP contribution is 2.59. The first-order valence-electron chi connectivity index (χ1n) is 8.17. The summed E-state index contributed by atoms with van der Waals surface area (Å²) in [6, 6.07) is 0.408. The Kier molecular flexibility index (Phi) is 3.10. The summed E-state index contributed by atoms with van der Waals surface area (Å²) < 4.78 is 2.32. The van der Waals surface area contributed by atoms with Crippen LogP contribution in [0.4, 0.5) is 0 Å². The number of rotatable bonds is 3. The van der Waals surface area contributed by atoms with E-state index in [0.29, 0.717) is 17.8 Å². The second-order valence-electron chi connectivity index (χ2n) is 7.53. The highest BCUT2D eigenvalue weighted by Gasteiger charge is 2.50. The van der Waals surface area contributed by atoms with Crippen molar-refractivity contribution in [3.8, 4) is 0 Å². The number of aromatic nitrogens is 3. The lowest BCUT2D eigenvalue weighted by Gasteiger charge is -2.54. The summed E-state index contributed by atoms with van der Waals surface area (Å²) in [5.41, 5.74) is 0. The molecule has 4 heteroatoms. The van der Waals surface area contributed by atoms with Crippen molar-refractivity contribution in [3.63, 3.8) is 0 Å². The molecule has 5 rings (SSSR count). The van der Waals surface area contributed by atoms with Crippen molar-refractivity contribution in [2.24, 2.45) is 23.7 Å². The second kappa shape index (κ2) is 4.72. The van der Waals surface area contributed by atoms with Crippen LogP contribution in [0.15, 0.2) is 0 Å². The van der Waals surface area contributed by atoms with Crippen LogP contribution in [0.3, 0.4) is 0 Å². The standard InChI is InChI=1S/C16H24ClN3/c1-9(2)20-14(8-17)18-19-16(20)15-12-4-10-3-11(6-12)7-13(15)5-10/h9-13,15H,3-8H2,1-2H3. The van der Waals surface area contributed by atoms with Gasteiger partial charge in [-0.05, 0) is 69.6 Å². The monoisotopic (exact) mass is 293 g/mol. The Hall–Kier alpha value is -0.570. The Morgan fingerprint density at radius 1 is 1.05 bits per heavy atom. The zero-order chi connectivity index (χ0) is 13.9. The average molecular weight is 294 g/mol. The van der Waals surface area contributed by atoms with Crippen LogP contribution in [0.2, 0.25) is 0 Å². The minimum atomic E-state index is 0.408. The van der Waals surface area contributed by atoms with Crippen molar-refractivity contribution in [1.29, 1.82) is 0 Å². The van der Waals surface area contributed by atoms with E-state index in [2.05, 4.69) is 28.6 Å². The Morgan fingerprint density at radius 3 is 2.15 bits per heavy atom. The molecule has 1 aromatic rings. The number of alkyl halides is 1. The largest absolute Gasteiger partial charge is 0.311 e. The van der Waals surface area contributed by atoms with Crippen LogP contribution in [0.25, 0.3) is 0 Å². The van der Waals surface area contributed by atoms with Crippen LogP contribution in [0.5, 0.6) is 0 Å². The summed E-state index contributed by atoms with van der Waals surface area (Å²) in [6.45, 7) is 4.44. The summed E-state index contributed by atoms with van der Waals surface area (Å²) in [4.78, 5) is 0. The van der Waals surface area contributed by atoms with Gasteiger partial charge in [0.2, 0.25) is 0 Å². The van der Waals surface area contributed by atoms with Crippen LogP contribution >= 0.6 is 11.6 Å². The fourth-order valence-corrected chi connectivity index (χ4v) is 5.75. The minimum Gasteiger partial charge on any atom is -0.311 e. The van der Waals surface area contributed by atoms with Gasteiger partial charge in [0, 0.05) is 12.0 Å². The maximum Gasteiger partial charge on any atom is 0.148 e. The van der Waals surface area contributed by atoms with Crippen LogP contribution in [0, 0.1) is 23.7 Å². The highest BCUT2D eigenvalue weighted by molar-refractivity contribution is 6.16. The topological polar surface area (TPSA) is 30.7 Å². The van der Waals surface area contributed by atoms with E-state index in [4.69, 9.17) is 11.6 Å². The van der Waals surface area contributed by atoms with Gasteiger partial charge in [-0.15, -0.1) is 21.8 Å². The van der Waals surface area contributed by atoms with Crippen LogP contribution < -0.4 is 0 Å². The van der Waals surface area contributed by atoms with Gasteiger partial charge in [0.15, 0.2) is 0 Å². The lowest BCUT2D eigenvalue weighted by Crippen LogP contribution is -2.44. The number of nitrogens with zero attached hydrogens (tertiary/aromatic N) is 3. The Bertz CT molecular complexity index is 480. The van der Waals surface area contributed by atoms with E-state index in [9.17, 15) is 0 Å². The summed E-state index contributed by atoms with van der Waals surface area (Å²) >= 11 is 6.06. The first kappa shape index (κ1) is 13.1. The van der Waals surface area contributed by atoms with Crippen molar-refractivity contribution >= 4 is 11.6 Å². The van der Waals surface area contributed by atoms with E-state index in [1.807, 2.05) is 0 Å². The molecule has 0 saturated heterocycles. The Balaban J connectivity index is 1.73. The third-order valence-electron chi connectivity index (χ3n) is 5.95. The molecular weight excluding hydrogens is 270 g/mol. The first-order chi connectivity index (χ1) is 9.67. The lowest BCUT2D eigenvalue weighted by atomic mass is 9.51. The molecule has 1 heterocycles. The third kappa shape index (κ3) is 1.85. The predicted octanol–water partition coefficient (Wildman–Crippen LogP) is 4.14. The SMILES string of the molecule is CC(C)n1c(CCl)nnc1C1C2CC3CC(C2)CC1C3. The van der Waals surface area contributed by atoms with Crippen LogP contribution in [-0.4, -0.2) is 14.8 Å². The van der Waals surface area contributed by atoms with Gasteiger partial charge in [-0.3, -0.25) is 0 Å². The van der Waals surface area contributed by atoms with Gasteiger partial charge in [-0.25, -0.2) is 0 Å². The smallest absolute Gasteiger partial charge is 0.148 e. The predicted molar refractivity (Wildman–Crippen MR) is 79.8 cm³/mol. The van der Waals surface area contributed by atoms with Gasteiger partial charge in [0.25, 0.3) is 0 Å². The fraction of sp³-hybridized carbons (Fsp3) is 0.875. The molecule has 4 saturated carbocycles. The third-order valence-corrected chi connectivity index (χ3v) is 6.19. The highest BCUT2D eigenvalue weighted by atomic mass is 35.5. The maximum absolute atomic E-state index is 6.06. The molecule has 110 valence electrons. The minimum absolute atomic E-state index is 0.408. The number of hydrogen-bond donors (Lipinski definition) is 0. The molecule has 0 radical (unpaired) electrons. The average Bonchev–Trinajstić information content (AvgIpc) is 2.81. The summed E-state index contributed by atoms with van der Waals surface area (Å²) in [5, 5.41) is 8.95. The molecule has 4 fully saturated rings. The molecule has 3 nitrogen and oxygen atoms in total. The van der Waals surface area contributed by atoms with Crippen LogP contribution in [0.1, 0.15) is 69.6 Å². The molecule has 0 spiro atoms. The molecule has 1 aromatic heterocycles. The van der Waals surface area contributed by atoms with E-state index in [1.54, 1.807) is 0 Å². The molecule has 0 unspecified atom stereocenters. The number of halogens is 1. The van der Waals surface area contributed by atoms with Gasteiger partial charge in [-0.2, -0.15) is 0 Å². The molecule has 4 aliphatic rings. The molecule has 0 atom stereocenters. The Labute approximate surface area is 126 Å². The molecule has 20 heavy (non-hydrogen) atoms. The van der Waals surface area contributed by atoms with E-state index >= 15 is 0 Å². The van der Waals surface area contributed by atoms with Crippen LogP contribution in [-0.2, 0) is 5.88 Å².